The molecule has 0 saturated carbocycles. The molecule has 38 heavy (non-hydrogen) atoms. The summed E-state index contributed by atoms with van der Waals surface area (Å²) in [4.78, 5) is 15.5. The largest absolute Gasteiger partial charge is 0.455 e. The summed E-state index contributed by atoms with van der Waals surface area (Å²) < 4.78 is 11.6. The van der Waals surface area contributed by atoms with E-state index < -0.39 is 0 Å². The molecule has 8 heteroatoms. The van der Waals surface area contributed by atoms with Gasteiger partial charge in [-0.05, 0) is 53.4 Å². The molecular formula is C30H26ClN5O2. The summed E-state index contributed by atoms with van der Waals surface area (Å²) in [6.07, 6.45) is 9.44. The highest BCUT2D eigenvalue weighted by atomic mass is 35.5. The van der Waals surface area contributed by atoms with Crippen molar-refractivity contribution in [1.82, 2.24) is 19.9 Å². The number of benzene rings is 3. The van der Waals surface area contributed by atoms with Gasteiger partial charge in [0.1, 0.15) is 23.6 Å². The van der Waals surface area contributed by atoms with Crippen LogP contribution in [0.3, 0.4) is 0 Å². The SMILES string of the molecule is Clc1cc(Nc2ncnc3ccc(/C=C/CN4CCOCC4)cc23)ccc1Oc1cccc2ccncc12. The molecule has 1 aliphatic rings. The monoisotopic (exact) mass is 523 g/mol. The van der Waals surface area contributed by atoms with E-state index >= 15 is 0 Å². The van der Waals surface area contributed by atoms with E-state index in [0.717, 1.165) is 65.8 Å². The number of ether oxygens (including phenoxy) is 2. The maximum atomic E-state index is 6.63. The number of morpholine rings is 1. The highest BCUT2D eigenvalue weighted by molar-refractivity contribution is 6.32. The lowest BCUT2D eigenvalue weighted by molar-refractivity contribution is 0.0435. The van der Waals surface area contributed by atoms with E-state index in [4.69, 9.17) is 21.1 Å². The molecule has 5 aromatic rings. The van der Waals surface area contributed by atoms with E-state index in [9.17, 15) is 0 Å². The number of fused-ring (bicyclic) bond motifs is 2. The average Bonchev–Trinajstić information content (AvgIpc) is 2.95. The number of hydrogen-bond acceptors (Lipinski definition) is 7. The van der Waals surface area contributed by atoms with Crippen LogP contribution in [0.15, 0.2) is 85.5 Å². The molecule has 7 nitrogen and oxygen atoms in total. The van der Waals surface area contributed by atoms with Gasteiger partial charge >= 0.3 is 0 Å². The third-order valence-corrected chi connectivity index (χ3v) is 6.79. The summed E-state index contributed by atoms with van der Waals surface area (Å²) in [7, 11) is 0. The van der Waals surface area contributed by atoms with Crippen LogP contribution in [0.4, 0.5) is 11.5 Å². The normalized spacial score (nSPS) is 14.3. The highest BCUT2D eigenvalue weighted by Gasteiger charge is 2.11. The van der Waals surface area contributed by atoms with E-state index in [1.807, 2.05) is 48.5 Å². The number of nitrogens with one attached hydrogen (secondary N) is 1. The van der Waals surface area contributed by atoms with E-state index in [-0.39, 0.29) is 0 Å². The lowest BCUT2D eigenvalue weighted by Crippen LogP contribution is -2.36. The second kappa shape index (κ2) is 11.1. The Morgan fingerprint density at radius 3 is 2.79 bits per heavy atom. The first-order valence-electron chi connectivity index (χ1n) is 12.5. The van der Waals surface area contributed by atoms with E-state index in [2.05, 4.69) is 49.5 Å². The van der Waals surface area contributed by atoms with Gasteiger partial charge in [-0.1, -0.05) is 42.0 Å². The molecule has 0 bridgehead atoms. The molecule has 1 N–H and O–H groups in total. The van der Waals surface area contributed by atoms with Gasteiger partial charge in [-0.3, -0.25) is 9.88 Å². The van der Waals surface area contributed by atoms with Crippen LogP contribution in [0.5, 0.6) is 11.5 Å². The Labute approximate surface area is 225 Å². The second-order valence-electron chi connectivity index (χ2n) is 9.04. The minimum atomic E-state index is 0.487. The van der Waals surface area contributed by atoms with Gasteiger partial charge in [0.05, 0.1) is 23.8 Å². The van der Waals surface area contributed by atoms with Crippen molar-refractivity contribution in [2.75, 3.05) is 38.2 Å². The minimum Gasteiger partial charge on any atom is -0.455 e. The molecular weight excluding hydrogens is 498 g/mol. The molecule has 0 aliphatic carbocycles. The molecule has 0 radical (unpaired) electrons. The number of aromatic nitrogens is 3. The van der Waals surface area contributed by atoms with Gasteiger partial charge in [0.15, 0.2) is 0 Å². The Kier molecular flexibility index (Phi) is 7.13. The van der Waals surface area contributed by atoms with Gasteiger partial charge in [0.2, 0.25) is 0 Å². The lowest BCUT2D eigenvalue weighted by atomic mass is 10.1. The zero-order chi connectivity index (χ0) is 25.7. The number of nitrogens with zero attached hydrogens (tertiary/aromatic N) is 4. The van der Waals surface area contributed by atoms with Crippen LogP contribution in [0, 0.1) is 0 Å². The van der Waals surface area contributed by atoms with Crippen molar-refractivity contribution in [3.8, 4) is 11.5 Å². The molecule has 0 atom stereocenters. The molecule has 0 spiro atoms. The van der Waals surface area contributed by atoms with Crippen LogP contribution >= 0.6 is 11.6 Å². The third kappa shape index (κ3) is 5.45. The Bertz CT molecular complexity index is 1610. The summed E-state index contributed by atoms with van der Waals surface area (Å²) in [6.45, 7) is 4.44. The first-order valence-corrected chi connectivity index (χ1v) is 12.9. The zero-order valence-corrected chi connectivity index (χ0v) is 21.4. The van der Waals surface area contributed by atoms with Crippen molar-refractivity contribution in [2.45, 2.75) is 0 Å². The highest BCUT2D eigenvalue weighted by Crippen LogP contribution is 2.36. The molecule has 1 saturated heterocycles. The molecule has 0 amide bonds. The predicted molar refractivity (Wildman–Crippen MR) is 152 cm³/mol. The number of halogens is 1. The Morgan fingerprint density at radius 2 is 1.89 bits per heavy atom. The van der Waals surface area contributed by atoms with Crippen molar-refractivity contribution in [3.63, 3.8) is 0 Å². The van der Waals surface area contributed by atoms with Gasteiger partial charge in [-0.2, -0.15) is 0 Å². The molecule has 1 fully saturated rings. The van der Waals surface area contributed by atoms with Crippen molar-refractivity contribution >= 4 is 50.9 Å². The standard InChI is InChI=1S/C30H26ClN5O2/c31-26-18-23(7-9-29(26)38-28-5-1-4-22-10-11-32-19-25(22)28)35-30-24-17-21(6-8-27(24)33-20-34-30)3-2-12-36-13-15-37-16-14-36/h1-11,17-20H,12-16H2,(H,33,34,35)/b3-2+. The lowest BCUT2D eigenvalue weighted by Gasteiger charge is -2.25. The fourth-order valence-electron chi connectivity index (χ4n) is 4.49. The number of rotatable bonds is 7. The van der Waals surface area contributed by atoms with Gasteiger partial charge < -0.3 is 14.8 Å². The Balaban J connectivity index is 1.21. The summed E-state index contributed by atoms with van der Waals surface area (Å²) in [5, 5.41) is 6.79. The van der Waals surface area contributed by atoms with Crippen molar-refractivity contribution in [3.05, 3.63) is 96.0 Å². The van der Waals surface area contributed by atoms with Gasteiger partial charge in [0.25, 0.3) is 0 Å². The summed E-state index contributed by atoms with van der Waals surface area (Å²) >= 11 is 6.63. The third-order valence-electron chi connectivity index (χ3n) is 6.50. The Hall–Kier alpha value is -4.04. The molecule has 3 aromatic carbocycles. The van der Waals surface area contributed by atoms with Crippen LogP contribution in [0.2, 0.25) is 5.02 Å². The average molecular weight is 524 g/mol. The van der Waals surface area contributed by atoms with Crippen molar-refractivity contribution in [2.24, 2.45) is 0 Å². The molecule has 2 aromatic heterocycles. The zero-order valence-electron chi connectivity index (χ0n) is 20.7. The van der Waals surface area contributed by atoms with Crippen molar-refractivity contribution < 1.29 is 9.47 Å². The fourth-order valence-corrected chi connectivity index (χ4v) is 4.71. The minimum absolute atomic E-state index is 0.487. The number of hydrogen-bond donors (Lipinski definition) is 1. The predicted octanol–water partition coefficient (Wildman–Crippen LogP) is 6.71. The number of pyridine rings is 1. The fraction of sp³-hybridized carbons (Fsp3) is 0.167. The quantitative estimate of drug-likeness (QED) is 0.254. The van der Waals surface area contributed by atoms with E-state index in [0.29, 0.717) is 22.3 Å². The smallest absolute Gasteiger partial charge is 0.146 e. The molecule has 0 unspecified atom stereocenters. The van der Waals surface area contributed by atoms with Crippen LogP contribution in [-0.2, 0) is 4.74 Å². The van der Waals surface area contributed by atoms with E-state index in [1.165, 1.54) is 0 Å². The number of anilines is 2. The van der Waals surface area contributed by atoms with Crippen LogP contribution in [-0.4, -0.2) is 52.7 Å². The first-order chi connectivity index (χ1) is 18.7. The van der Waals surface area contributed by atoms with Crippen LogP contribution in [0.1, 0.15) is 5.56 Å². The molecule has 1 aliphatic heterocycles. The van der Waals surface area contributed by atoms with Crippen LogP contribution < -0.4 is 10.1 Å². The molecule has 3 heterocycles. The summed E-state index contributed by atoms with van der Waals surface area (Å²) in [5.74, 6) is 1.98. The summed E-state index contributed by atoms with van der Waals surface area (Å²) in [5.41, 5.74) is 2.76. The maximum Gasteiger partial charge on any atom is 0.146 e. The first kappa shape index (κ1) is 24.3. The van der Waals surface area contributed by atoms with Gasteiger partial charge in [-0.25, -0.2) is 9.97 Å². The van der Waals surface area contributed by atoms with Crippen molar-refractivity contribution in [1.29, 1.82) is 0 Å². The maximum absolute atomic E-state index is 6.63. The van der Waals surface area contributed by atoms with Gasteiger partial charge in [-0.15, -0.1) is 0 Å². The topological polar surface area (TPSA) is 72.4 Å². The summed E-state index contributed by atoms with van der Waals surface area (Å²) in [6, 6.07) is 19.6. The van der Waals surface area contributed by atoms with Gasteiger partial charge in [0, 0.05) is 48.5 Å². The molecule has 6 rings (SSSR count). The Morgan fingerprint density at radius 1 is 0.974 bits per heavy atom. The van der Waals surface area contributed by atoms with E-state index in [1.54, 1.807) is 18.7 Å². The molecule has 190 valence electrons. The second-order valence-corrected chi connectivity index (χ2v) is 9.45. The van der Waals surface area contributed by atoms with Crippen LogP contribution in [0.25, 0.3) is 27.8 Å².